The lowest BCUT2D eigenvalue weighted by Crippen LogP contribution is -2.39. The molecule has 2 heterocycles. The minimum atomic E-state index is -0.684. The van der Waals surface area contributed by atoms with Gasteiger partial charge in [0.05, 0.1) is 39.5 Å². The zero-order valence-corrected chi connectivity index (χ0v) is 23.3. The molecule has 0 saturated heterocycles. The molecule has 6 nitrogen and oxygen atoms in total. The third-order valence-corrected chi connectivity index (χ3v) is 7.65. The molecule has 0 radical (unpaired) electrons. The van der Waals surface area contributed by atoms with Crippen LogP contribution in [-0.4, -0.2) is 23.8 Å². The molecular weight excluding hydrogens is 564 g/mol. The van der Waals surface area contributed by atoms with Crippen molar-refractivity contribution in [3.63, 3.8) is 0 Å². The van der Waals surface area contributed by atoms with Crippen LogP contribution in [0.2, 0.25) is 0 Å². The minimum Gasteiger partial charge on any atom is -0.493 e. The van der Waals surface area contributed by atoms with Crippen molar-refractivity contribution >= 4 is 45.0 Å². The number of esters is 1. The highest BCUT2D eigenvalue weighted by molar-refractivity contribution is 9.10. The molecule has 0 aliphatic carbocycles. The monoisotopic (exact) mass is 588 g/mol. The lowest BCUT2D eigenvalue weighted by atomic mass is 9.93. The van der Waals surface area contributed by atoms with Gasteiger partial charge in [-0.15, -0.1) is 0 Å². The maximum atomic E-state index is 13.9. The molecule has 0 bridgehead atoms. The molecule has 1 atom stereocenters. The van der Waals surface area contributed by atoms with Crippen LogP contribution in [-0.2, 0) is 9.53 Å². The van der Waals surface area contributed by atoms with E-state index in [2.05, 4.69) is 15.9 Å². The summed E-state index contributed by atoms with van der Waals surface area (Å²) >= 11 is 4.84. The average molecular weight is 590 g/mol. The predicted octanol–water partition coefficient (Wildman–Crippen LogP) is 5.10. The largest absolute Gasteiger partial charge is 0.493 e. The third-order valence-electron chi connectivity index (χ3n) is 6.04. The molecule has 1 aliphatic rings. The fourth-order valence-corrected chi connectivity index (χ4v) is 5.93. The van der Waals surface area contributed by atoms with Crippen molar-refractivity contribution in [3.05, 3.63) is 125 Å². The van der Waals surface area contributed by atoms with Gasteiger partial charge in [-0.3, -0.25) is 9.36 Å². The lowest BCUT2D eigenvalue weighted by molar-refractivity contribution is -0.138. The van der Waals surface area contributed by atoms with Crippen LogP contribution in [0.25, 0.3) is 11.8 Å². The number of carbonyl (C=O) groups excluding carboxylic acids is 1. The molecule has 192 valence electrons. The molecule has 3 aromatic carbocycles. The van der Waals surface area contributed by atoms with Crippen LogP contribution in [0.15, 0.2) is 98.7 Å². The average Bonchev–Trinajstić information content (AvgIpc) is 3.24. The number of hydrogen-bond donors (Lipinski definition) is 0. The van der Waals surface area contributed by atoms with E-state index in [1.54, 1.807) is 11.5 Å². The Balaban J connectivity index is 1.77. The van der Waals surface area contributed by atoms with Crippen LogP contribution in [0.1, 0.15) is 36.6 Å². The Bertz CT molecular complexity index is 1690. The summed E-state index contributed by atoms with van der Waals surface area (Å²) in [5, 5.41) is 0. The number of hydrogen-bond acceptors (Lipinski definition) is 6. The van der Waals surface area contributed by atoms with E-state index < -0.39 is 12.0 Å². The number of halogens is 1. The maximum absolute atomic E-state index is 13.9. The number of aromatic nitrogens is 1. The van der Waals surface area contributed by atoms with Gasteiger partial charge in [-0.05, 0) is 59.1 Å². The minimum absolute atomic E-state index is 0.211. The second-order valence-corrected chi connectivity index (χ2v) is 10.3. The van der Waals surface area contributed by atoms with Gasteiger partial charge in [0.2, 0.25) is 0 Å². The Hall–Kier alpha value is -3.75. The molecule has 0 spiro atoms. The first-order chi connectivity index (χ1) is 18.5. The summed E-state index contributed by atoms with van der Waals surface area (Å²) in [6.07, 6.45) is 1.84. The van der Waals surface area contributed by atoms with Gasteiger partial charge in [0.15, 0.2) is 4.80 Å². The van der Waals surface area contributed by atoms with Gasteiger partial charge in [-0.2, -0.15) is 0 Å². The highest BCUT2D eigenvalue weighted by atomic mass is 79.9. The van der Waals surface area contributed by atoms with Crippen LogP contribution < -0.4 is 19.6 Å². The van der Waals surface area contributed by atoms with Crippen molar-refractivity contribution in [2.75, 3.05) is 13.2 Å². The number of thiazole rings is 1. The molecule has 4 aromatic rings. The van der Waals surface area contributed by atoms with Gasteiger partial charge in [0.25, 0.3) is 5.56 Å². The molecular formula is C30H25BrN2O4S. The molecule has 0 saturated carbocycles. The molecule has 0 N–H and O–H groups in total. The Kier molecular flexibility index (Phi) is 7.72. The molecule has 5 rings (SSSR count). The van der Waals surface area contributed by atoms with E-state index in [0.717, 1.165) is 26.9 Å². The van der Waals surface area contributed by atoms with E-state index in [9.17, 15) is 9.59 Å². The summed E-state index contributed by atoms with van der Waals surface area (Å²) in [6, 6.07) is 24.1. The quantitative estimate of drug-likeness (QED) is 0.282. The van der Waals surface area contributed by atoms with Gasteiger partial charge in [0.1, 0.15) is 5.75 Å². The first-order valence-electron chi connectivity index (χ1n) is 12.3. The van der Waals surface area contributed by atoms with Crippen LogP contribution >= 0.6 is 27.3 Å². The van der Waals surface area contributed by atoms with Gasteiger partial charge >= 0.3 is 5.97 Å². The molecule has 8 heteroatoms. The zero-order chi connectivity index (χ0) is 26.6. The number of nitrogens with zero attached hydrogens (tertiary/aromatic N) is 2. The lowest BCUT2D eigenvalue weighted by Gasteiger charge is -2.25. The summed E-state index contributed by atoms with van der Waals surface area (Å²) in [6.45, 7) is 4.46. The Morgan fingerprint density at radius 1 is 1.03 bits per heavy atom. The van der Waals surface area contributed by atoms with Crippen LogP contribution in [0.5, 0.6) is 5.75 Å². The normalized spacial score (nSPS) is 15.1. The summed E-state index contributed by atoms with van der Waals surface area (Å²) in [7, 11) is 0. The molecule has 0 unspecified atom stereocenters. The van der Waals surface area contributed by atoms with E-state index in [-0.39, 0.29) is 12.2 Å². The van der Waals surface area contributed by atoms with Crippen molar-refractivity contribution in [1.29, 1.82) is 0 Å². The van der Waals surface area contributed by atoms with E-state index in [0.29, 0.717) is 27.2 Å². The summed E-state index contributed by atoms with van der Waals surface area (Å²) in [4.78, 5) is 32.7. The SMILES string of the molecule is CCOC(=O)C1=C(c2ccccc2)N=c2s/c(=C\c3ccc(OCC)c(Br)c3)c(=O)n2[C@@H]1c1ccccc1. The molecule has 1 aliphatic heterocycles. The maximum Gasteiger partial charge on any atom is 0.338 e. The molecule has 1 aromatic heterocycles. The van der Waals surface area contributed by atoms with Crippen LogP contribution in [0.4, 0.5) is 0 Å². The summed E-state index contributed by atoms with van der Waals surface area (Å²) in [5.74, 6) is 0.246. The van der Waals surface area contributed by atoms with Gasteiger partial charge in [-0.1, -0.05) is 78.1 Å². The molecule has 38 heavy (non-hydrogen) atoms. The van der Waals surface area contributed by atoms with Crippen molar-refractivity contribution in [2.45, 2.75) is 19.9 Å². The fraction of sp³-hybridized carbons (Fsp3) is 0.167. The third kappa shape index (κ3) is 5.01. The number of carbonyl (C=O) groups is 1. The second kappa shape index (κ2) is 11.3. The number of rotatable bonds is 7. The smallest absolute Gasteiger partial charge is 0.338 e. The Labute approximate surface area is 232 Å². The number of fused-ring (bicyclic) bond motifs is 1. The first kappa shape index (κ1) is 25.9. The van der Waals surface area contributed by atoms with Crippen LogP contribution in [0.3, 0.4) is 0 Å². The summed E-state index contributed by atoms with van der Waals surface area (Å²) in [5.41, 5.74) is 3.05. The van der Waals surface area contributed by atoms with E-state index in [4.69, 9.17) is 14.5 Å². The van der Waals surface area contributed by atoms with Crippen molar-refractivity contribution in [1.82, 2.24) is 4.57 Å². The first-order valence-corrected chi connectivity index (χ1v) is 13.9. The van der Waals surface area contributed by atoms with E-state index >= 15 is 0 Å². The predicted molar refractivity (Wildman–Crippen MR) is 153 cm³/mol. The highest BCUT2D eigenvalue weighted by Gasteiger charge is 2.35. The highest BCUT2D eigenvalue weighted by Crippen LogP contribution is 2.35. The van der Waals surface area contributed by atoms with E-state index in [1.807, 2.05) is 91.9 Å². The van der Waals surface area contributed by atoms with Gasteiger partial charge in [-0.25, -0.2) is 9.79 Å². The van der Waals surface area contributed by atoms with Crippen LogP contribution in [0, 0.1) is 0 Å². The van der Waals surface area contributed by atoms with Crippen molar-refractivity contribution < 1.29 is 14.3 Å². The zero-order valence-electron chi connectivity index (χ0n) is 20.9. The van der Waals surface area contributed by atoms with E-state index in [1.165, 1.54) is 11.3 Å². The number of benzene rings is 3. The summed E-state index contributed by atoms with van der Waals surface area (Å²) < 4.78 is 14.0. The molecule has 0 fully saturated rings. The van der Waals surface area contributed by atoms with Crippen molar-refractivity contribution in [3.8, 4) is 5.75 Å². The standard InChI is InChI=1S/C30H25BrN2O4S/c1-3-36-23-16-15-19(17-22(23)31)18-24-28(34)33-27(21-13-9-6-10-14-21)25(29(35)37-4-2)26(32-30(33)38-24)20-11-7-5-8-12-20/h5-18,27H,3-4H2,1-2H3/b24-18-/t27-/m1/s1. The number of ether oxygens (including phenoxy) is 2. The Morgan fingerprint density at radius 3 is 2.39 bits per heavy atom. The topological polar surface area (TPSA) is 69.9 Å². The fourth-order valence-electron chi connectivity index (χ4n) is 4.42. The second-order valence-electron chi connectivity index (χ2n) is 8.47. The molecule has 0 amide bonds. The van der Waals surface area contributed by atoms with Crippen molar-refractivity contribution in [2.24, 2.45) is 4.99 Å². The van der Waals surface area contributed by atoms with Gasteiger partial charge in [0, 0.05) is 5.56 Å². The van der Waals surface area contributed by atoms with Gasteiger partial charge < -0.3 is 9.47 Å². The Morgan fingerprint density at radius 2 is 1.74 bits per heavy atom.